The minimum atomic E-state index is 0.439. The van der Waals surface area contributed by atoms with Gasteiger partial charge in [-0.2, -0.15) is 10.2 Å². The van der Waals surface area contributed by atoms with Crippen LogP contribution in [0.3, 0.4) is 0 Å². The Hall–Kier alpha value is -1.78. The summed E-state index contributed by atoms with van der Waals surface area (Å²) in [7, 11) is 1.96. The van der Waals surface area contributed by atoms with Crippen LogP contribution in [0.2, 0.25) is 0 Å². The van der Waals surface area contributed by atoms with Crippen molar-refractivity contribution < 1.29 is 0 Å². The van der Waals surface area contributed by atoms with Crippen LogP contribution in [0.15, 0.2) is 6.20 Å². The van der Waals surface area contributed by atoms with Crippen LogP contribution in [0, 0.1) is 13.8 Å². The summed E-state index contributed by atoms with van der Waals surface area (Å²) in [4.78, 5) is 0. The van der Waals surface area contributed by atoms with Crippen molar-refractivity contribution in [2.45, 2.75) is 40.2 Å². The number of nitrogens with one attached hydrogen (secondary N) is 2. The van der Waals surface area contributed by atoms with E-state index in [0.717, 1.165) is 29.3 Å². The van der Waals surface area contributed by atoms with Crippen LogP contribution in [-0.2, 0) is 13.6 Å². The molecule has 0 fully saturated rings. The lowest BCUT2D eigenvalue weighted by Crippen LogP contribution is -2.03. The summed E-state index contributed by atoms with van der Waals surface area (Å²) in [5.41, 5.74) is 5.56. The summed E-state index contributed by atoms with van der Waals surface area (Å²) < 4.78 is 1.88. The van der Waals surface area contributed by atoms with E-state index in [4.69, 9.17) is 0 Å². The predicted octanol–water partition coefficient (Wildman–Crippen LogP) is 2.50. The van der Waals surface area contributed by atoms with E-state index in [-0.39, 0.29) is 0 Å². The summed E-state index contributed by atoms with van der Waals surface area (Å²) in [6.07, 6.45) is 2.08. The molecule has 0 spiro atoms. The Morgan fingerprint density at radius 2 is 2.11 bits per heavy atom. The third-order valence-electron chi connectivity index (χ3n) is 3.07. The Morgan fingerprint density at radius 1 is 1.39 bits per heavy atom. The maximum absolute atomic E-state index is 4.51. The summed E-state index contributed by atoms with van der Waals surface area (Å²) in [5, 5.41) is 15.1. The van der Waals surface area contributed by atoms with Crippen LogP contribution in [-0.4, -0.2) is 20.0 Å². The molecule has 0 bridgehead atoms. The minimum Gasteiger partial charge on any atom is -0.378 e. The van der Waals surface area contributed by atoms with Gasteiger partial charge in [0.2, 0.25) is 0 Å². The number of anilines is 1. The number of nitrogens with zero attached hydrogens (tertiary/aromatic N) is 3. The first kappa shape index (κ1) is 12.7. The lowest BCUT2D eigenvalue weighted by atomic mass is 10.1. The molecule has 0 amide bonds. The van der Waals surface area contributed by atoms with Gasteiger partial charge in [0.1, 0.15) is 0 Å². The molecule has 2 rings (SSSR count). The number of rotatable bonds is 4. The molecule has 5 nitrogen and oxygen atoms in total. The normalized spacial score (nSPS) is 11.2. The largest absolute Gasteiger partial charge is 0.378 e. The molecule has 0 aliphatic rings. The van der Waals surface area contributed by atoms with Crippen LogP contribution < -0.4 is 5.32 Å². The second-order valence-electron chi connectivity index (χ2n) is 5.03. The second-order valence-corrected chi connectivity index (χ2v) is 5.03. The Bertz CT molecular complexity index is 516. The molecule has 2 aromatic rings. The Labute approximate surface area is 108 Å². The van der Waals surface area contributed by atoms with Crippen molar-refractivity contribution in [3.8, 4) is 0 Å². The minimum absolute atomic E-state index is 0.439. The van der Waals surface area contributed by atoms with Gasteiger partial charge in [-0.05, 0) is 19.8 Å². The highest BCUT2D eigenvalue weighted by molar-refractivity contribution is 5.51. The van der Waals surface area contributed by atoms with E-state index in [1.807, 2.05) is 25.6 Å². The molecule has 0 unspecified atom stereocenters. The molecular weight excluding hydrogens is 226 g/mol. The monoisotopic (exact) mass is 247 g/mol. The van der Waals surface area contributed by atoms with Gasteiger partial charge in [0.15, 0.2) is 0 Å². The van der Waals surface area contributed by atoms with Crippen LogP contribution in [0.25, 0.3) is 0 Å². The van der Waals surface area contributed by atoms with Crippen molar-refractivity contribution in [2.24, 2.45) is 7.05 Å². The molecule has 0 aromatic carbocycles. The van der Waals surface area contributed by atoms with Crippen LogP contribution in [0.4, 0.5) is 5.69 Å². The van der Waals surface area contributed by atoms with E-state index in [0.29, 0.717) is 5.92 Å². The fraction of sp³-hybridized carbons (Fsp3) is 0.538. The molecule has 0 radical (unpaired) electrons. The molecule has 0 aliphatic heterocycles. The highest BCUT2D eigenvalue weighted by Gasteiger charge is 2.12. The molecule has 98 valence electrons. The zero-order valence-corrected chi connectivity index (χ0v) is 11.7. The van der Waals surface area contributed by atoms with E-state index >= 15 is 0 Å². The number of hydrogen-bond acceptors (Lipinski definition) is 3. The first-order chi connectivity index (χ1) is 8.49. The SMILES string of the molecule is Cc1n[nH]c(C)c1NCc1cn(C)nc1C(C)C. The summed E-state index contributed by atoms with van der Waals surface area (Å²) in [5.74, 6) is 0.439. The highest BCUT2D eigenvalue weighted by Crippen LogP contribution is 2.21. The summed E-state index contributed by atoms with van der Waals surface area (Å²) >= 11 is 0. The zero-order valence-electron chi connectivity index (χ0n) is 11.7. The van der Waals surface area contributed by atoms with Crippen molar-refractivity contribution >= 4 is 5.69 Å². The average Bonchev–Trinajstić information content (AvgIpc) is 2.81. The van der Waals surface area contributed by atoms with Gasteiger partial charge in [0.25, 0.3) is 0 Å². The Kier molecular flexibility index (Phi) is 3.41. The fourth-order valence-electron chi connectivity index (χ4n) is 2.17. The van der Waals surface area contributed by atoms with Crippen LogP contribution >= 0.6 is 0 Å². The second kappa shape index (κ2) is 4.84. The van der Waals surface area contributed by atoms with Gasteiger partial charge in [0.05, 0.1) is 22.8 Å². The Balaban J connectivity index is 2.15. The summed E-state index contributed by atoms with van der Waals surface area (Å²) in [6.45, 7) is 9.14. The van der Waals surface area contributed by atoms with Gasteiger partial charge in [0, 0.05) is 25.4 Å². The van der Waals surface area contributed by atoms with Gasteiger partial charge in [-0.1, -0.05) is 13.8 Å². The van der Waals surface area contributed by atoms with Gasteiger partial charge in [-0.15, -0.1) is 0 Å². The van der Waals surface area contributed by atoms with Gasteiger partial charge >= 0.3 is 0 Å². The standard InChI is InChI=1S/C13H21N5/c1-8(2)12-11(7-18(5)17-12)6-14-13-9(3)15-16-10(13)4/h7-8,14H,6H2,1-5H3,(H,15,16). The van der Waals surface area contributed by atoms with E-state index in [9.17, 15) is 0 Å². The number of hydrogen-bond donors (Lipinski definition) is 2. The number of H-pyrrole nitrogens is 1. The number of aromatic amines is 1. The van der Waals surface area contributed by atoms with Gasteiger partial charge < -0.3 is 5.32 Å². The molecule has 2 N–H and O–H groups in total. The van der Waals surface area contributed by atoms with Crippen LogP contribution in [0.5, 0.6) is 0 Å². The van der Waals surface area contributed by atoms with E-state index in [2.05, 4.69) is 40.7 Å². The van der Waals surface area contributed by atoms with Crippen molar-refractivity contribution in [3.63, 3.8) is 0 Å². The molecule has 0 saturated carbocycles. The highest BCUT2D eigenvalue weighted by atomic mass is 15.3. The van der Waals surface area contributed by atoms with E-state index < -0.39 is 0 Å². The third kappa shape index (κ3) is 2.39. The van der Waals surface area contributed by atoms with E-state index in [1.54, 1.807) is 0 Å². The van der Waals surface area contributed by atoms with Gasteiger partial charge in [-0.25, -0.2) is 0 Å². The van der Waals surface area contributed by atoms with Crippen LogP contribution in [0.1, 0.15) is 42.4 Å². The molecule has 2 aromatic heterocycles. The fourth-order valence-corrected chi connectivity index (χ4v) is 2.17. The van der Waals surface area contributed by atoms with Crippen molar-refractivity contribution in [3.05, 3.63) is 28.8 Å². The lowest BCUT2D eigenvalue weighted by Gasteiger charge is -2.08. The quantitative estimate of drug-likeness (QED) is 0.872. The first-order valence-corrected chi connectivity index (χ1v) is 6.27. The first-order valence-electron chi connectivity index (χ1n) is 6.27. The van der Waals surface area contributed by atoms with E-state index in [1.165, 1.54) is 5.56 Å². The van der Waals surface area contributed by atoms with Crippen molar-refractivity contribution in [2.75, 3.05) is 5.32 Å². The maximum Gasteiger partial charge on any atom is 0.0825 e. The molecule has 0 atom stereocenters. The lowest BCUT2D eigenvalue weighted by molar-refractivity contribution is 0.712. The topological polar surface area (TPSA) is 58.5 Å². The molecule has 2 heterocycles. The molecule has 0 saturated heterocycles. The smallest absolute Gasteiger partial charge is 0.0825 e. The molecule has 18 heavy (non-hydrogen) atoms. The molecular formula is C13H21N5. The number of aryl methyl sites for hydroxylation is 3. The summed E-state index contributed by atoms with van der Waals surface area (Å²) in [6, 6.07) is 0. The Morgan fingerprint density at radius 3 is 2.67 bits per heavy atom. The van der Waals surface area contributed by atoms with Crippen molar-refractivity contribution in [1.29, 1.82) is 0 Å². The molecule has 5 heteroatoms. The third-order valence-corrected chi connectivity index (χ3v) is 3.07. The number of aromatic nitrogens is 4. The van der Waals surface area contributed by atoms with Crippen molar-refractivity contribution in [1.82, 2.24) is 20.0 Å². The maximum atomic E-state index is 4.51. The van der Waals surface area contributed by atoms with Gasteiger partial charge in [-0.3, -0.25) is 9.78 Å². The average molecular weight is 247 g/mol. The zero-order chi connectivity index (χ0) is 13.3. The predicted molar refractivity (Wildman–Crippen MR) is 72.7 cm³/mol. The molecule has 0 aliphatic carbocycles.